The summed E-state index contributed by atoms with van der Waals surface area (Å²) in [4.78, 5) is 34.6. The van der Waals surface area contributed by atoms with Gasteiger partial charge in [-0.2, -0.15) is 0 Å². The van der Waals surface area contributed by atoms with E-state index in [0.29, 0.717) is 12.2 Å². The van der Waals surface area contributed by atoms with Crippen molar-refractivity contribution in [1.82, 2.24) is 5.32 Å². The number of aliphatic carboxylic acids is 1. The number of thioether (sulfide) groups is 1. The second-order valence-electron chi connectivity index (χ2n) is 4.95. The monoisotopic (exact) mass is 335 g/mol. The van der Waals surface area contributed by atoms with Crippen LogP contribution in [0.3, 0.4) is 0 Å². The summed E-state index contributed by atoms with van der Waals surface area (Å²) in [5.41, 5.74) is 1.13. The zero-order valence-electron chi connectivity index (χ0n) is 12.9. The highest BCUT2D eigenvalue weighted by molar-refractivity contribution is 8.13. The average molecular weight is 335 g/mol. The maximum Gasteiger partial charge on any atom is 0.326 e. The standard InChI is InChI=1S/C17H21NO4S/c1-2-3-9-15(19)18-14(17(21)22)12-16(20)23-11-10-13-7-5-4-6-8-13/h2,4-8,14H,1,3,9-12H2,(H,18,19)(H,21,22). The summed E-state index contributed by atoms with van der Waals surface area (Å²) in [6.07, 6.45) is 2.75. The molecule has 1 rings (SSSR count). The molecule has 23 heavy (non-hydrogen) atoms. The lowest BCUT2D eigenvalue weighted by molar-refractivity contribution is -0.142. The lowest BCUT2D eigenvalue weighted by Gasteiger charge is -2.13. The molecule has 0 aliphatic heterocycles. The van der Waals surface area contributed by atoms with Crippen molar-refractivity contribution >= 4 is 28.8 Å². The van der Waals surface area contributed by atoms with Gasteiger partial charge in [0, 0.05) is 18.6 Å². The van der Waals surface area contributed by atoms with Gasteiger partial charge in [-0.3, -0.25) is 9.59 Å². The number of carboxylic acids is 1. The molecule has 1 amide bonds. The van der Waals surface area contributed by atoms with Crippen LogP contribution in [0.5, 0.6) is 0 Å². The number of rotatable bonds is 10. The van der Waals surface area contributed by atoms with Gasteiger partial charge in [0.15, 0.2) is 5.12 Å². The summed E-state index contributed by atoms with van der Waals surface area (Å²) in [5.74, 6) is -1.01. The van der Waals surface area contributed by atoms with Crippen LogP contribution in [0.15, 0.2) is 43.0 Å². The number of nitrogens with one attached hydrogen (secondary N) is 1. The molecule has 0 spiro atoms. The third kappa shape index (κ3) is 8.21. The van der Waals surface area contributed by atoms with E-state index in [1.807, 2.05) is 30.3 Å². The number of aryl methyl sites for hydroxylation is 1. The minimum Gasteiger partial charge on any atom is -0.480 e. The first-order valence-corrected chi connectivity index (χ1v) is 8.34. The van der Waals surface area contributed by atoms with Crippen LogP contribution in [0, 0.1) is 0 Å². The van der Waals surface area contributed by atoms with Gasteiger partial charge >= 0.3 is 5.97 Å². The van der Waals surface area contributed by atoms with Crippen LogP contribution in [0.2, 0.25) is 0 Å². The van der Waals surface area contributed by atoms with E-state index in [9.17, 15) is 14.4 Å². The Balaban J connectivity index is 2.37. The maximum atomic E-state index is 11.9. The molecule has 1 unspecified atom stereocenters. The van der Waals surface area contributed by atoms with Gasteiger partial charge in [0.2, 0.25) is 5.91 Å². The Hall–Kier alpha value is -2.08. The van der Waals surface area contributed by atoms with E-state index < -0.39 is 12.0 Å². The minimum absolute atomic E-state index is 0.169. The molecule has 5 nitrogen and oxygen atoms in total. The fraction of sp³-hybridized carbons (Fsp3) is 0.353. The van der Waals surface area contributed by atoms with Gasteiger partial charge in [-0.1, -0.05) is 48.2 Å². The summed E-state index contributed by atoms with van der Waals surface area (Å²) >= 11 is 1.09. The second kappa shape index (κ2) is 10.6. The van der Waals surface area contributed by atoms with Gasteiger partial charge in [-0.25, -0.2) is 4.79 Å². The topological polar surface area (TPSA) is 83.5 Å². The highest BCUT2D eigenvalue weighted by Crippen LogP contribution is 2.12. The predicted molar refractivity (Wildman–Crippen MR) is 91.2 cm³/mol. The van der Waals surface area contributed by atoms with Crippen molar-refractivity contribution in [3.63, 3.8) is 0 Å². The van der Waals surface area contributed by atoms with Crippen molar-refractivity contribution in [1.29, 1.82) is 0 Å². The summed E-state index contributed by atoms with van der Waals surface area (Å²) in [6, 6.07) is 8.57. The van der Waals surface area contributed by atoms with Crippen molar-refractivity contribution < 1.29 is 19.5 Å². The van der Waals surface area contributed by atoms with Gasteiger partial charge in [0.1, 0.15) is 6.04 Å². The molecule has 1 aromatic carbocycles. The molecule has 0 saturated heterocycles. The number of allylic oxidation sites excluding steroid dienone is 1. The first-order chi connectivity index (χ1) is 11.0. The molecule has 124 valence electrons. The molecule has 0 aliphatic carbocycles. The van der Waals surface area contributed by atoms with Crippen LogP contribution in [0.1, 0.15) is 24.8 Å². The Morgan fingerprint density at radius 3 is 2.57 bits per heavy atom. The van der Waals surface area contributed by atoms with Gasteiger partial charge in [-0.05, 0) is 18.4 Å². The number of hydrogen-bond donors (Lipinski definition) is 2. The quantitative estimate of drug-likeness (QED) is 0.642. The fourth-order valence-electron chi connectivity index (χ4n) is 1.85. The normalized spacial score (nSPS) is 11.5. The van der Waals surface area contributed by atoms with E-state index in [-0.39, 0.29) is 23.9 Å². The van der Waals surface area contributed by atoms with Crippen LogP contribution in [-0.2, 0) is 20.8 Å². The number of carboxylic acid groups (broad SMARTS) is 1. The third-order valence-corrected chi connectivity index (χ3v) is 3.97. The molecule has 0 aromatic heterocycles. The van der Waals surface area contributed by atoms with Crippen molar-refractivity contribution in [3.8, 4) is 0 Å². The van der Waals surface area contributed by atoms with Crippen molar-refractivity contribution in [2.75, 3.05) is 5.75 Å². The van der Waals surface area contributed by atoms with Crippen LogP contribution < -0.4 is 5.32 Å². The Labute approximate surface area is 140 Å². The van der Waals surface area contributed by atoms with E-state index in [1.54, 1.807) is 6.08 Å². The molecule has 1 aromatic rings. The molecule has 2 N–H and O–H groups in total. The average Bonchev–Trinajstić information content (AvgIpc) is 2.53. The van der Waals surface area contributed by atoms with Gasteiger partial charge in [0.25, 0.3) is 0 Å². The Morgan fingerprint density at radius 1 is 1.26 bits per heavy atom. The lowest BCUT2D eigenvalue weighted by atomic mass is 10.2. The molecule has 0 radical (unpaired) electrons. The molecule has 0 bridgehead atoms. The number of hydrogen-bond acceptors (Lipinski definition) is 4. The summed E-state index contributed by atoms with van der Waals surface area (Å²) in [5, 5.41) is 11.2. The molecule has 0 saturated carbocycles. The minimum atomic E-state index is -1.20. The molecule has 1 atom stereocenters. The fourth-order valence-corrected chi connectivity index (χ4v) is 2.70. The maximum absolute atomic E-state index is 11.9. The zero-order valence-corrected chi connectivity index (χ0v) is 13.7. The van der Waals surface area contributed by atoms with Crippen molar-refractivity contribution in [2.24, 2.45) is 0 Å². The van der Waals surface area contributed by atoms with Crippen LogP contribution >= 0.6 is 11.8 Å². The first kappa shape index (κ1) is 19.0. The van der Waals surface area contributed by atoms with Crippen molar-refractivity contribution in [3.05, 3.63) is 48.6 Å². The molecular weight excluding hydrogens is 314 g/mol. The molecule has 0 heterocycles. The van der Waals surface area contributed by atoms with Crippen LogP contribution in [0.4, 0.5) is 0 Å². The molecule has 0 fully saturated rings. The van der Waals surface area contributed by atoms with Gasteiger partial charge in [0.05, 0.1) is 0 Å². The number of benzene rings is 1. The lowest BCUT2D eigenvalue weighted by Crippen LogP contribution is -2.41. The SMILES string of the molecule is C=CCCC(=O)NC(CC(=O)SCCc1ccccc1)C(=O)O. The third-order valence-electron chi connectivity index (χ3n) is 3.08. The highest BCUT2D eigenvalue weighted by atomic mass is 32.2. The van der Waals surface area contributed by atoms with Crippen molar-refractivity contribution in [2.45, 2.75) is 31.7 Å². The molecule has 6 heteroatoms. The largest absolute Gasteiger partial charge is 0.480 e. The number of amides is 1. The van der Waals surface area contributed by atoms with E-state index >= 15 is 0 Å². The zero-order chi connectivity index (χ0) is 17.1. The van der Waals surface area contributed by atoms with Crippen LogP contribution in [-0.4, -0.2) is 33.9 Å². The Kier molecular flexibility index (Phi) is 8.75. The van der Waals surface area contributed by atoms with E-state index in [1.165, 1.54) is 0 Å². The number of carbonyl (C=O) groups excluding carboxylic acids is 2. The second-order valence-corrected chi connectivity index (χ2v) is 6.10. The predicted octanol–water partition coefficient (Wildman–Crippen LogP) is 2.41. The first-order valence-electron chi connectivity index (χ1n) is 7.35. The number of carbonyl (C=O) groups is 3. The Morgan fingerprint density at radius 2 is 1.96 bits per heavy atom. The smallest absolute Gasteiger partial charge is 0.326 e. The summed E-state index contributed by atoms with van der Waals surface area (Å²) < 4.78 is 0. The van der Waals surface area contributed by atoms with E-state index in [0.717, 1.165) is 23.7 Å². The summed E-state index contributed by atoms with van der Waals surface area (Å²) in [7, 11) is 0. The summed E-state index contributed by atoms with van der Waals surface area (Å²) in [6.45, 7) is 3.50. The molecular formula is C17H21NO4S. The van der Waals surface area contributed by atoms with Gasteiger partial charge in [-0.15, -0.1) is 6.58 Å². The Bertz CT molecular complexity index is 545. The van der Waals surface area contributed by atoms with E-state index in [2.05, 4.69) is 11.9 Å². The van der Waals surface area contributed by atoms with Gasteiger partial charge < -0.3 is 10.4 Å². The van der Waals surface area contributed by atoms with Crippen LogP contribution in [0.25, 0.3) is 0 Å². The molecule has 0 aliphatic rings. The highest BCUT2D eigenvalue weighted by Gasteiger charge is 2.23. The van der Waals surface area contributed by atoms with E-state index in [4.69, 9.17) is 5.11 Å².